The van der Waals surface area contributed by atoms with Crippen LogP contribution in [0, 0.1) is 0 Å². The van der Waals surface area contributed by atoms with Gasteiger partial charge in [0, 0.05) is 44.8 Å². The van der Waals surface area contributed by atoms with Gasteiger partial charge in [-0.1, -0.05) is 72.3 Å². The van der Waals surface area contributed by atoms with Gasteiger partial charge in [-0.05, 0) is 42.2 Å². The third kappa shape index (κ3) is 5.06. The Hall–Kier alpha value is -2.71. The molecule has 0 aliphatic carbocycles. The Balaban J connectivity index is 1.33. The topological polar surface area (TPSA) is 60.9 Å². The van der Waals surface area contributed by atoms with Crippen LogP contribution < -0.4 is 0 Å². The van der Waals surface area contributed by atoms with Crippen molar-refractivity contribution in [3.63, 3.8) is 0 Å². The smallest absolute Gasteiger partial charge is 0.253 e. The Morgan fingerprint density at radius 1 is 0.750 bits per heavy atom. The first-order chi connectivity index (χ1) is 17.4. The standard InChI is InChI=1S/C28H30ClN3O3S/c29-25-14-13-24(21-26(25)36(34,35)32-15-7-8-16-32)28(33)31-19-17-30(18-20-31)27(22-9-3-1-4-10-22)23-11-5-2-6-12-23/h1-6,9-14,21,27H,7-8,15-20H2. The average molecular weight is 524 g/mol. The Bertz CT molecular complexity index is 1260. The second-order valence-corrected chi connectivity index (χ2v) is 11.6. The minimum absolute atomic E-state index is 0.0174. The van der Waals surface area contributed by atoms with E-state index in [2.05, 4.69) is 53.4 Å². The molecular weight excluding hydrogens is 494 g/mol. The van der Waals surface area contributed by atoms with Gasteiger partial charge in [-0.3, -0.25) is 9.69 Å². The van der Waals surface area contributed by atoms with Gasteiger partial charge in [-0.2, -0.15) is 4.31 Å². The molecule has 0 unspecified atom stereocenters. The van der Waals surface area contributed by atoms with E-state index in [4.69, 9.17) is 11.6 Å². The lowest BCUT2D eigenvalue weighted by Gasteiger charge is -2.40. The van der Waals surface area contributed by atoms with E-state index in [1.807, 2.05) is 12.1 Å². The van der Waals surface area contributed by atoms with E-state index in [0.717, 1.165) is 12.8 Å². The molecule has 5 rings (SSSR count). The molecule has 2 saturated heterocycles. The van der Waals surface area contributed by atoms with Gasteiger partial charge in [-0.25, -0.2) is 8.42 Å². The Kier molecular flexibility index (Phi) is 7.44. The van der Waals surface area contributed by atoms with Gasteiger partial charge in [0.15, 0.2) is 0 Å². The fourth-order valence-electron chi connectivity index (χ4n) is 5.15. The number of halogens is 1. The van der Waals surface area contributed by atoms with Gasteiger partial charge in [-0.15, -0.1) is 0 Å². The van der Waals surface area contributed by atoms with E-state index < -0.39 is 10.0 Å². The van der Waals surface area contributed by atoms with Gasteiger partial charge in [0.05, 0.1) is 11.1 Å². The number of rotatable bonds is 6. The number of piperazine rings is 1. The normalized spacial score (nSPS) is 17.6. The van der Waals surface area contributed by atoms with Crippen molar-refractivity contribution in [3.8, 4) is 0 Å². The zero-order chi connectivity index (χ0) is 25.1. The molecule has 8 heteroatoms. The van der Waals surface area contributed by atoms with Crippen LogP contribution in [0.4, 0.5) is 0 Å². The average Bonchev–Trinajstić information content (AvgIpc) is 3.47. The molecule has 0 N–H and O–H groups in total. The lowest BCUT2D eigenvalue weighted by Crippen LogP contribution is -2.49. The SMILES string of the molecule is O=C(c1ccc(Cl)c(S(=O)(=O)N2CCCC2)c1)N1CCN(C(c2ccccc2)c2ccccc2)CC1. The highest BCUT2D eigenvalue weighted by Gasteiger charge is 2.32. The van der Waals surface area contributed by atoms with Gasteiger partial charge in [0.25, 0.3) is 5.91 Å². The maximum atomic E-state index is 13.4. The van der Waals surface area contributed by atoms with Gasteiger partial charge in [0.1, 0.15) is 4.90 Å². The zero-order valence-corrected chi connectivity index (χ0v) is 21.7. The summed E-state index contributed by atoms with van der Waals surface area (Å²) in [5, 5.41) is 0.150. The molecule has 36 heavy (non-hydrogen) atoms. The van der Waals surface area contributed by atoms with Crippen LogP contribution in [0.3, 0.4) is 0 Å². The maximum absolute atomic E-state index is 13.4. The molecule has 0 bridgehead atoms. The molecule has 1 amide bonds. The first-order valence-electron chi connectivity index (χ1n) is 12.4. The first kappa shape index (κ1) is 25.0. The van der Waals surface area contributed by atoms with Crippen LogP contribution in [0.5, 0.6) is 0 Å². The van der Waals surface area contributed by atoms with Gasteiger partial charge < -0.3 is 4.90 Å². The van der Waals surface area contributed by atoms with Gasteiger partial charge >= 0.3 is 0 Å². The predicted molar refractivity (Wildman–Crippen MR) is 142 cm³/mol. The summed E-state index contributed by atoms with van der Waals surface area (Å²) in [6, 6.07) is 25.5. The molecule has 188 valence electrons. The van der Waals surface area contributed by atoms with Gasteiger partial charge in [0.2, 0.25) is 10.0 Å². The molecule has 0 radical (unpaired) electrons. The maximum Gasteiger partial charge on any atom is 0.253 e. The van der Waals surface area contributed by atoms with Crippen molar-refractivity contribution in [1.29, 1.82) is 0 Å². The number of hydrogen-bond acceptors (Lipinski definition) is 4. The third-order valence-corrected chi connectivity index (χ3v) is 9.44. The van der Waals surface area contributed by atoms with E-state index >= 15 is 0 Å². The number of amides is 1. The number of carbonyl (C=O) groups excluding carboxylic acids is 1. The van der Waals surface area contributed by atoms with Crippen LogP contribution in [0.2, 0.25) is 5.02 Å². The first-order valence-corrected chi connectivity index (χ1v) is 14.2. The Morgan fingerprint density at radius 2 is 1.31 bits per heavy atom. The van der Waals surface area contributed by atoms with Crippen molar-refractivity contribution in [1.82, 2.24) is 14.1 Å². The summed E-state index contributed by atoms with van der Waals surface area (Å²) in [5.74, 6) is -0.167. The molecular formula is C28H30ClN3O3S. The minimum atomic E-state index is -3.71. The molecule has 0 aromatic heterocycles. The second kappa shape index (κ2) is 10.7. The molecule has 2 aliphatic heterocycles. The van der Waals surface area contributed by atoms with E-state index in [9.17, 15) is 13.2 Å². The summed E-state index contributed by atoms with van der Waals surface area (Å²) in [7, 11) is -3.71. The van der Waals surface area contributed by atoms with Crippen LogP contribution in [-0.4, -0.2) is 67.7 Å². The van der Waals surface area contributed by atoms with E-state index in [1.165, 1.54) is 27.6 Å². The summed E-state index contributed by atoms with van der Waals surface area (Å²) in [6.45, 7) is 3.53. The second-order valence-electron chi connectivity index (χ2n) is 9.31. The molecule has 6 nitrogen and oxygen atoms in total. The monoisotopic (exact) mass is 523 g/mol. The van der Waals surface area contributed by atoms with Crippen LogP contribution in [0.15, 0.2) is 83.8 Å². The van der Waals surface area contributed by atoms with Crippen LogP contribution in [0.1, 0.15) is 40.4 Å². The number of sulfonamides is 1. The molecule has 2 heterocycles. The van der Waals surface area contributed by atoms with Crippen LogP contribution in [-0.2, 0) is 10.0 Å². The number of benzene rings is 3. The summed E-state index contributed by atoms with van der Waals surface area (Å²) in [5.41, 5.74) is 2.80. The quantitative estimate of drug-likeness (QED) is 0.471. The van der Waals surface area contributed by atoms with Crippen molar-refractivity contribution < 1.29 is 13.2 Å². The number of hydrogen-bond donors (Lipinski definition) is 0. The molecule has 2 fully saturated rings. The van der Waals surface area contributed by atoms with Crippen molar-refractivity contribution in [2.75, 3.05) is 39.3 Å². The van der Waals surface area contributed by atoms with Crippen LogP contribution in [0.25, 0.3) is 0 Å². The van der Waals surface area contributed by atoms with Crippen LogP contribution >= 0.6 is 11.6 Å². The third-order valence-electron chi connectivity index (χ3n) is 7.06. The summed E-state index contributed by atoms with van der Waals surface area (Å²) in [6.07, 6.45) is 1.68. The van der Waals surface area contributed by atoms with Crippen molar-refractivity contribution in [2.24, 2.45) is 0 Å². The molecule has 3 aromatic carbocycles. The lowest BCUT2D eigenvalue weighted by atomic mass is 9.96. The lowest BCUT2D eigenvalue weighted by molar-refractivity contribution is 0.0597. The summed E-state index contributed by atoms with van der Waals surface area (Å²) < 4.78 is 27.7. The Morgan fingerprint density at radius 3 is 1.86 bits per heavy atom. The largest absolute Gasteiger partial charge is 0.336 e. The van der Waals surface area contributed by atoms with E-state index in [1.54, 1.807) is 11.0 Å². The Labute approximate surface area is 218 Å². The minimum Gasteiger partial charge on any atom is -0.336 e. The molecule has 0 saturated carbocycles. The molecule has 0 spiro atoms. The fraction of sp³-hybridized carbons (Fsp3) is 0.321. The van der Waals surface area contributed by atoms with E-state index in [0.29, 0.717) is 44.8 Å². The number of nitrogens with zero attached hydrogens (tertiary/aromatic N) is 3. The predicted octanol–water partition coefficient (Wildman–Crippen LogP) is 4.67. The highest BCUT2D eigenvalue weighted by molar-refractivity contribution is 7.89. The fourth-order valence-corrected chi connectivity index (χ4v) is 7.17. The van der Waals surface area contributed by atoms with Crippen molar-refractivity contribution >= 4 is 27.5 Å². The zero-order valence-electron chi connectivity index (χ0n) is 20.1. The molecule has 2 aliphatic rings. The van der Waals surface area contributed by atoms with E-state index in [-0.39, 0.29) is 21.9 Å². The summed E-state index contributed by atoms with van der Waals surface area (Å²) in [4.78, 5) is 17.6. The molecule has 3 aromatic rings. The number of carbonyl (C=O) groups is 1. The van der Waals surface area contributed by atoms with Crippen molar-refractivity contribution in [3.05, 3.63) is 101 Å². The summed E-state index contributed by atoms with van der Waals surface area (Å²) >= 11 is 6.28. The van der Waals surface area contributed by atoms with Crippen molar-refractivity contribution in [2.45, 2.75) is 23.8 Å². The highest BCUT2D eigenvalue weighted by atomic mass is 35.5. The highest BCUT2D eigenvalue weighted by Crippen LogP contribution is 2.31. The molecule has 0 atom stereocenters.